The summed E-state index contributed by atoms with van der Waals surface area (Å²) in [6.45, 7) is 7.81. The van der Waals surface area contributed by atoms with E-state index in [1.807, 2.05) is 67.6 Å². The summed E-state index contributed by atoms with van der Waals surface area (Å²) in [6.07, 6.45) is 34.0. The molecule has 0 aliphatic heterocycles. The van der Waals surface area contributed by atoms with Crippen LogP contribution in [0.2, 0.25) is 0 Å². The number of amides is 5. The maximum absolute atomic E-state index is 11.8. The molecule has 0 heterocycles. The lowest BCUT2D eigenvalue weighted by Crippen LogP contribution is -2.11. The van der Waals surface area contributed by atoms with Gasteiger partial charge in [-0.05, 0) is 81.8 Å². The number of anilines is 1. The molecule has 10 heteroatoms. The molecular weight excluding hydrogens is 787 g/mol. The number of carbonyl (C=O) groups is 5. The van der Waals surface area contributed by atoms with Crippen molar-refractivity contribution in [2.24, 2.45) is 22.9 Å². The van der Waals surface area contributed by atoms with Crippen molar-refractivity contribution in [1.82, 2.24) is 0 Å². The Morgan fingerprint density at radius 1 is 0.460 bits per heavy atom. The van der Waals surface area contributed by atoms with Crippen molar-refractivity contribution in [3.63, 3.8) is 0 Å². The molecule has 0 aliphatic rings. The highest BCUT2D eigenvalue weighted by Crippen LogP contribution is 2.12. The van der Waals surface area contributed by atoms with Crippen LogP contribution in [0.4, 0.5) is 5.69 Å². The zero-order valence-electron chi connectivity index (χ0n) is 39.6. The number of para-hydroxylation sites is 1. The van der Waals surface area contributed by atoms with Gasteiger partial charge >= 0.3 is 0 Å². The van der Waals surface area contributed by atoms with E-state index in [4.69, 9.17) is 17.2 Å². The third kappa shape index (κ3) is 46.1. The fourth-order valence-corrected chi connectivity index (χ4v) is 6.01. The highest BCUT2D eigenvalue weighted by atomic mass is 16.2. The molecule has 3 aromatic carbocycles. The molecule has 0 unspecified atom stereocenters. The fraction of sp³-hybridized carbons (Fsp3) is 0.528. The summed E-state index contributed by atoms with van der Waals surface area (Å²) < 4.78 is 0. The van der Waals surface area contributed by atoms with E-state index in [1.54, 1.807) is 24.3 Å². The van der Waals surface area contributed by atoms with Gasteiger partial charge in [0.1, 0.15) is 0 Å². The van der Waals surface area contributed by atoms with E-state index < -0.39 is 0 Å². The number of benzene rings is 3. The molecule has 10 nitrogen and oxygen atoms in total. The minimum absolute atomic E-state index is 0.0776. The minimum Gasteiger partial charge on any atom is -0.370 e. The number of hydrogen-bond acceptors (Lipinski definition) is 5. The number of rotatable bonds is 28. The highest BCUT2D eigenvalue weighted by molar-refractivity contribution is 6.04. The molecule has 0 saturated heterocycles. The van der Waals surface area contributed by atoms with Gasteiger partial charge in [0.05, 0.1) is 0 Å². The highest BCUT2D eigenvalue weighted by Gasteiger charge is 2.04. The molecular formula is C53H85N5O5. The molecule has 0 saturated carbocycles. The molecule has 3 rings (SSSR count). The topological polar surface area (TPSA) is 201 Å². The van der Waals surface area contributed by atoms with Crippen LogP contribution in [0.3, 0.4) is 0 Å². The molecule has 5 amide bonds. The quantitative estimate of drug-likeness (QED) is 0.0356. The van der Waals surface area contributed by atoms with Gasteiger partial charge in [0.25, 0.3) is 5.91 Å². The Bertz CT molecular complexity index is 1580. The van der Waals surface area contributed by atoms with Crippen molar-refractivity contribution in [3.05, 3.63) is 114 Å². The number of primary amides is 4. The van der Waals surface area contributed by atoms with Gasteiger partial charge in [-0.25, -0.2) is 0 Å². The lowest BCUT2D eigenvalue weighted by atomic mass is 10.1. The summed E-state index contributed by atoms with van der Waals surface area (Å²) in [5.74, 6) is -1.11. The van der Waals surface area contributed by atoms with Crippen molar-refractivity contribution in [2.75, 3.05) is 5.32 Å². The van der Waals surface area contributed by atoms with E-state index in [0.717, 1.165) is 36.9 Å². The molecule has 3 aromatic rings. The molecule has 0 radical (unpaired) electrons. The largest absolute Gasteiger partial charge is 0.370 e. The summed E-state index contributed by atoms with van der Waals surface area (Å²) >= 11 is 0. The van der Waals surface area contributed by atoms with E-state index in [2.05, 4.69) is 37.0 Å². The van der Waals surface area contributed by atoms with Crippen LogP contribution in [0.1, 0.15) is 201 Å². The van der Waals surface area contributed by atoms with Crippen molar-refractivity contribution in [1.29, 1.82) is 0 Å². The first-order valence-electron chi connectivity index (χ1n) is 23.6. The third-order valence-electron chi connectivity index (χ3n) is 9.62. The number of hydrogen-bond donors (Lipinski definition) is 5. The van der Waals surface area contributed by atoms with Crippen molar-refractivity contribution < 1.29 is 24.0 Å². The Kier molecular flexibility index (Phi) is 42.5. The van der Waals surface area contributed by atoms with Gasteiger partial charge in [-0.15, -0.1) is 0 Å². The van der Waals surface area contributed by atoms with E-state index in [0.29, 0.717) is 24.0 Å². The zero-order valence-corrected chi connectivity index (χ0v) is 39.6. The molecule has 0 aromatic heterocycles. The van der Waals surface area contributed by atoms with Crippen LogP contribution in [0.25, 0.3) is 0 Å². The Morgan fingerprint density at radius 2 is 0.810 bits per heavy atom. The molecule has 9 N–H and O–H groups in total. The molecule has 0 bridgehead atoms. The molecule has 0 spiro atoms. The first-order chi connectivity index (χ1) is 30.3. The van der Waals surface area contributed by atoms with Crippen LogP contribution in [0.5, 0.6) is 0 Å². The Balaban J connectivity index is 0. The van der Waals surface area contributed by atoms with E-state index in [-0.39, 0.29) is 29.5 Å². The SMILES string of the molecule is CC(N)=O.CCCCCCCCC=CCCCCCCCC(N)=O.CCCCCCCCCCCC(N)=O.Cc1ccc(C(=O)Nc2ccccc2)cc1.NC(=O)c1ccccc1. The summed E-state index contributed by atoms with van der Waals surface area (Å²) in [7, 11) is 0. The van der Waals surface area contributed by atoms with Gasteiger partial charge in [0.2, 0.25) is 23.6 Å². The van der Waals surface area contributed by atoms with Crippen LogP contribution in [-0.2, 0) is 14.4 Å². The summed E-state index contributed by atoms with van der Waals surface area (Å²) in [6, 6.07) is 25.7. The van der Waals surface area contributed by atoms with Crippen LogP contribution in [0.15, 0.2) is 97.1 Å². The van der Waals surface area contributed by atoms with Crippen molar-refractivity contribution in [3.8, 4) is 0 Å². The monoisotopic (exact) mass is 872 g/mol. The number of nitrogens with two attached hydrogens (primary N) is 4. The fourth-order valence-electron chi connectivity index (χ4n) is 6.01. The van der Waals surface area contributed by atoms with E-state index >= 15 is 0 Å². The van der Waals surface area contributed by atoms with E-state index in [1.165, 1.54) is 122 Å². The molecule has 0 aliphatic carbocycles. The summed E-state index contributed by atoms with van der Waals surface area (Å²) in [5, 5.41) is 2.84. The molecule has 352 valence electrons. The normalized spacial score (nSPS) is 10.0. The smallest absolute Gasteiger partial charge is 0.255 e. The molecule has 0 fully saturated rings. The number of nitrogens with one attached hydrogen (secondary N) is 1. The van der Waals surface area contributed by atoms with Gasteiger partial charge < -0.3 is 28.3 Å². The third-order valence-corrected chi connectivity index (χ3v) is 9.62. The zero-order chi connectivity index (χ0) is 47.2. The van der Waals surface area contributed by atoms with Crippen molar-refractivity contribution >= 4 is 35.2 Å². The van der Waals surface area contributed by atoms with E-state index in [9.17, 15) is 24.0 Å². The molecule has 63 heavy (non-hydrogen) atoms. The Hall–Kier alpha value is -5.25. The van der Waals surface area contributed by atoms with Gasteiger partial charge in [0, 0.05) is 36.6 Å². The number of allylic oxidation sites excluding steroid dienone is 2. The predicted molar refractivity (Wildman–Crippen MR) is 265 cm³/mol. The standard InChI is InChI=1S/C18H35NO.C14H13NO.C12H25NO.C7H7NO.C2H5NO/c1-2-3-4-5-6-7-8-9-10-11-12-13-14-15-16-17-18(19)20;1-11-7-9-12(10-8-11)14(16)15-13-5-3-2-4-6-13;1-2-3-4-5-6-7-8-9-10-11-12(13)14;8-7(9)6-4-2-1-3-5-6;1-2(3)4/h9-10H,2-8,11-17H2,1H3,(H2,19,20);2-10H,1H3,(H,15,16);2-11H2,1H3,(H2,13,14);1-5H,(H2,8,9);1H3,(H2,3,4). The number of aryl methyl sites for hydroxylation is 1. The maximum Gasteiger partial charge on any atom is 0.255 e. The second kappa shape index (κ2) is 44.8. The van der Waals surface area contributed by atoms with Crippen LogP contribution in [-0.4, -0.2) is 29.5 Å². The lowest BCUT2D eigenvalue weighted by molar-refractivity contribution is -0.119. The van der Waals surface area contributed by atoms with Crippen molar-refractivity contribution in [2.45, 2.75) is 182 Å². The van der Waals surface area contributed by atoms with Gasteiger partial charge in [-0.2, -0.15) is 0 Å². The average Bonchev–Trinajstić information content (AvgIpc) is 3.25. The number of unbranched alkanes of at least 4 members (excludes halogenated alkanes) is 19. The van der Waals surface area contributed by atoms with Crippen LogP contribution in [0, 0.1) is 6.92 Å². The van der Waals surface area contributed by atoms with Gasteiger partial charge in [0.15, 0.2) is 0 Å². The van der Waals surface area contributed by atoms with Crippen LogP contribution >= 0.6 is 0 Å². The first-order valence-corrected chi connectivity index (χ1v) is 23.6. The van der Waals surface area contributed by atoms with Gasteiger partial charge in [-0.3, -0.25) is 24.0 Å². The maximum atomic E-state index is 11.8. The predicted octanol–water partition coefficient (Wildman–Crippen LogP) is 12.4. The first kappa shape index (κ1) is 59.8. The molecule has 0 atom stereocenters. The average molecular weight is 872 g/mol. The van der Waals surface area contributed by atoms with Crippen LogP contribution < -0.4 is 28.3 Å². The Labute approximate surface area is 381 Å². The minimum atomic E-state index is -0.379. The second-order valence-electron chi connectivity index (χ2n) is 15.9. The summed E-state index contributed by atoms with van der Waals surface area (Å²) in [5.41, 5.74) is 22.8. The Morgan fingerprint density at radius 3 is 1.16 bits per heavy atom. The lowest BCUT2D eigenvalue weighted by Gasteiger charge is -2.04. The second-order valence-corrected chi connectivity index (χ2v) is 15.9. The van der Waals surface area contributed by atoms with Gasteiger partial charge in [-0.1, -0.05) is 183 Å². The number of carbonyl (C=O) groups excluding carboxylic acids is 5. The summed E-state index contributed by atoms with van der Waals surface area (Å²) in [4.78, 5) is 52.4.